The number of hydrogen-bond donors (Lipinski definition) is 0. The van der Waals surface area contributed by atoms with Crippen molar-refractivity contribution in [2.45, 2.75) is 13.8 Å². The van der Waals surface area contributed by atoms with Gasteiger partial charge in [0.05, 0.1) is 17.9 Å². The molecule has 0 saturated carbocycles. The highest BCUT2D eigenvalue weighted by Crippen LogP contribution is 2.38. The molecule has 1 unspecified atom stereocenters. The van der Waals surface area contributed by atoms with Gasteiger partial charge in [0.1, 0.15) is 5.00 Å². The molecule has 0 radical (unpaired) electrons. The standard InChI is InChI=1S/C17H15NO3S/c1-3-21-17(20)13-14(11-7-5-4-6-8-11)18-16-12(15(13)19)10(2)9-22-16/h4-9,13H,3H2,1-2H3. The van der Waals surface area contributed by atoms with Crippen LogP contribution in [0.2, 0.25) is 0 Å². The van der Waals surface area contributed by atoms with E-state index in [1.54, 1.807) is 6.92 Å². The Morgan fingerprint density at radius 3 is 2.73 bits per heavy atom. The van der Waals surface area contributed by atoms with Crippen molar-refractivity contribution in [2.75, 3.05) is 6.61 Å². The Morgan fingerprint density at radius 1 is 1.32 bits per heavy atom. The van der Waals surface area contributed by atoms with Gasteiger partial charge in [0.25, 0.3) is 0 Å². The molecule has 2 aromatic rings. The van der Waals surface area contributed by atoms with Crippen LogP contribution in [-0.4, -0.2) is 24.1 Å². The van der Waals surface area contributed by atoms with Crippen LogP contribution in [0.4, 0.5) is 5.00 Å². The molecule has 0 N–H and O–H groups in total. The molecular formula is C17H15NO3S. The highest BCUT2D eigenvalue weighted by Gasteiger charge is 2.40. The Bertz CT molecular complexity index is 761. The molecule has 0 saturated heterocycles. The highest BCUT2D eigenvalue weighted by molar-refractivity contribution is 7.14. The molecular weight excluding hydrogens is 298 g/mol. The Labute approximate surface area is 132 Å². The summed E-state index contributed by atoms with van der Waals surface area (Å²) in [4.78, 5) is 29.7. The number of benzene rings is 1. The van der Waals surface area contributed by atoms with E-state index in [-0.39, 0.29) is 12.4 Å². The maximum Gasteiger partial charge on any atom is 0.323 e. The zero-order valence-corrected chi connectivity index (χ0v) is 13.1. The van der Waals surface area contributed by atoms with Crippen molar-refractivity contribution in [3.63, 3.8) is 0 Å². The van der Waals surface area contributed by atoms with E-state index >= 15 is 0 Å². The Hall–Kier alpha value is -2.27. The monoisotopic (exact) mass is 313 g/mol. The third-order valence-corrected chi connectivity index (χ3v) is 4.54. The lowest BCUT2D eigenvalue weighted by atomic mass is 9.86. The van der Waals surface area contributed by atoms with Gasteiger partial charge in [-0.3, -0.25) is 9.59 Å². The molecule has 0 spiro atoms. The smallest absolute Gasteiger partial charge is 0.323 e. The number of hydrogen-bond acceptors (Lipinski definition) is 5. The van der Waals surface area contributed by atoms with Gasteiger partial charge in [-0.05, 0) is 30.4 Å². The number of rotatable bonds is 3. The van der Waals surface area contributed by atoms with Gasteiger partial charge in [-0.1, -0.05) is 30.3 Å². The quantitative estimate of drug-likeness (QED) is 0.643. The second-order valence-electron chi connectivity index (χ2n) is 5.01. The lowest BCUT2D eigenvalue weighted by Crippen LogP contribution is -2.36. The minimum Gasteiger partial charge on any atom is -0.465 e. The molecule has 3 rings (SSSR count). The van der Waals surface area contributed by atoms with Gasteiger partial charge in [-0.2, -0.15) is 0 Å². The van der Waals surface area contributed by atoms with Gasteiger partial charge in [0.2, 0.25) is 0 Å². The molecule has 1 aromatic carbocycles. The maximum absolute atomic E-state index is 12.8. The van der Waals surface area contributed by atoms with Gasteiger partial charge in [-0.15, -0.1) is 11.3 Å². The first kappa shape index (κ1) is 14.7. The Morgan fingerprint density at radius 2 is 2.05 bits per heavy atom. The van der Waals surface area contributed by atoms with Crippen molar-refractivity contribution < 1.29 is 14.3 Å². The number of Topliss-reactive ketones (excluding diaryl/α,β-unsaturated/α-hetero) is 1. The van der Waals surface area contributed by atoms with Crippen LogP contribution in [0.15, 0.2) is 40.7 Å². The number of thiophene rings is 1. The number of carbonyl (C=O) groups excluding carboxylic acids is 2. The highest BCUT2D eigenvalue weighted by atomic mass is 32.1. The van der Waals surface area contributed by atoms with Crippen molar-refractivity contribution in [3.05, 3.63) is 52.4 Å². The van der Waals surface area contributed by atoms with Crippen LogP contribution in [0.5, 0.6) is 0 Å². The number of fused-ring (bicyclic) bond motifs is 1. The van der Waals surface area contributed by atoms with Crippen LogP contribution in [0.3, 0.4) is 0 Å². The van der Waals surface area contributed by atoms with Gasteiger partial charge in [0.15, 0.2) is 11.7 Å². The summed E-state index contributed by atoms with van der Waals surface area (Å²) >= 11 is 1.42. The second-order valence-corrected chi connectivity index (χ2v) is 5.87. The van der Waals surface area contributed by atoms with E-state index < -0.39 is 11.9 Å². The van der Waals surface area contributed by atoms with E-state index in [1.165, 1.54) is 11.3 Å². The number of esters is 1. The zero-order valence-electron chi connectivity index (χ0n) is 12.3. The summed E-state index contributed by atoms with van der Waals surface area (Å²) in [5.41, 5.74) is 2.64. The summed E-state index contributed by atoms with van der Waals surface area (Å²) in [6.45, 7) is 3.82. The third kappa shape index (κ3) is 2.37. The average Bonchev–Trinajstić information content (AvgIpc) is 2.89. The predicted molar refractivity (Wildman–Crippen MR) is 86.1 cm³/mol. The van der Waals surface area contributed by atoms with E-state index in [4.69, 9.17) is 4.74 Å². The van der Waals surface area contributed by atoms with Gasteiger partial charge in [-0.25, -0.2) is 4.99 Å². The number of ether oxygens (including phenoxy) is 1. The first-order valence-corrected chi connectivity index (χ1v) is 7.94. The molecule has 4 nitrogen and oxygen atoms in total. The normalized spacial score (nSPS) is 16.9. The van der Waals surface area contributed by atoms with Gasteiger partial charge in [0, 0.05) is 0 Å². The molecule has 1 aromatic heterocycles. The van der Waals surface area contributed by atoms with E-state index in [1.807, 2.05) is 42.6 Å². The van der Waals surface area contributed by atoms with Crippen LogP contribution in [0, 0.1) is 12.8 Å². The number of carbonyl (C=O) groups is 2. The van der Waals surface area contributed by atoms with Crippen LogP contribution in [0.1, 0.15) is 28.4 Å². The first-order valence-electron chi connectivity index (χ1n) is 7.06. The van der Waals surface area contributed by atoms with Crippen molar-refractivity contribution in [3.8, 4) is 0 Å². The summed E-state index contributed by atoms with van der Waals surface area (Å²) in [6, 6.07) is 9.31. The summed E-state index contributed by atoms with van der Waals surface area (Å²) in [5, 5.41) is 2.56. The second kappa shape index (κ2) is 5.85. The first-order chi connectivity index (χ1) is 10.6. The number of aliphatic imine (C=N–C) groups is 1. The van der Waals surface area contributed by atoms with Crippen LogP contribution in [-0.2, 0) is 9.53 Å². The number of ketones is 1. The molecule has 1 aliphatic heterocycles. The molecule has 1 atom stereocenters. The molecule has 0 aliphatic carbocycles. The van der Waals surface area contributed by atoms with E-state index in [2.05, 4.69) is 4.99 Å². The topological polar surface area (TPSA) is 55.7 Å². The molecule has 1 aliphatic rings. The van der Waals surface area contributed by atoms with E-state index in [0.29, 0.717) is 16.3 Å². The molecule has 2 heterocycles. The zero-order chi connectivity index (χ0) is 15.7. The molecule has 0 fully saturated rings. The largest absolute Gasteiger partial charge is 0.465 e. The summed E-state index contributed by atoms with van der Waals surface area (Å²) in [5.74, 6) is -1.74. The molecule has 0 bridgehead atoms. The molecule has 0 amide bonds. The fraction of sp³-hybridized carbons (Fsp3) is 0.235. The van der Waals surface area contributed by atoms with E-state index in [9.17, 15) is 9.59 Å². The summed E-state index contributed by atoms with van der Waals surface area (Å²) < 4.78 is 5.10. The third-order valence-electron chi connectivity index (χ3n) is 3.55. The SMILES string of the molecule is CCOC(=O)C1C(=O)c2c(C)csc2N=C1c1ccccc1. The minimum absolute atomic E-state index is 0.221. The molecule has 112 valence electrons. The molecule has 5 heteroatoms. The maximum atomic E-state index is 12.8. The number of nitrogens with zero attached hydrogens (tertiary/aromatic N) is 1. The minimum atomic E-state index is -0.983. The van der Waals surface area contributed by atoms with Crippen LogP contribution in [0.25, 0.3) is 0 Å². The van der Waals surface area contributed by atoms with Crippen molar-refractivity contribution in [1.29, 1.82) is 0 Å². The van der Waals surface area contributed by atoms with Crippen LogP contribution >= 0.6 is 11.3 Å². The molecule has 22 heavy (non-hydrogen) atoms. The van der Waals surface area contributed by atoms with Crippen LogP contribution < -0.4 is 0 Å². The average molecular weight is 313 g/mol. The van der Waals surface area contributed by atoms with Crippen molar-refractivity contribution >= 4 is 33.8 Å². The lowest BCUT2D eigenvalue weighted by molar-refractivity contribution is -0.144. The summed E-state index contributed by atoms with van der Waals surface area (Å²) in [6.07, 6.45) is 0. The summed E-state index contributed by atoms with van der Waals surface area (Å²) in [7, 11) is 0. The number of aryl methyl sites for hydroxylation is 1. The van der Waals surface area contributed by atoms with Crippen molar-refractivity contribution in [1.82, 2.24) is 0 Å². The van der Waals surface area contributed by atoms with Gasteiger partial charge < -0.3 is 4.74 Å². The Kier molecular flexibility index (Phi) is 3.90. The lowest BCUT2D eigenvalue weighted by Gasteiger charge is -2.21. The van der Waals surface area contributed by atoms with Gasteiger partial charge >= 0.3 is 5.97 Å². The van der Waals surface area contributed by atoms with Crippen molar-refractivity contribution in [2.24, 2.45) is 10.9 Å². The van der Waals surface area contributed by atoms with E-state index in [0.717, 1.165) is 11.1 Å². The fourth-order valence-electron chi connectivity index (χ4n) is 2.54. The fourth-order valence-corrected chi connectivity index (χ4v) is 3.48. The predicted octanol–water partition coefficient (Wildman–Crippen LogP) is 3.55. The Balaban J connectivity index is 2.16.